The number of aromatic amines is 1. The Balaban J connectivity index is 1.71. The van der Waals surface area contributed by atoms with E-state index in [0.717, 1.165) is 5.56 Å². The van der Waals surface area contributed by atoms with Crippen molar-refractivity contribution in [1.82, 2.24) is 9.88 Å². The molecule has 0 spiro atoms. The first kappa shape index (κ1) is 19.9. The molecule has 6 heteroatoms. The molecule has 0 aliphatic carbocycles. The number of benzene rings is 1. The maximum atomic E-state index is 13.0. The molecule has 1 aliphatic heterocycles. The van der Waals surface area contributed by atoms with Crippen molar-refractivity contribution in [2.45, 2.75) is 33.1 Å². The van der Waals surface area contributed by atoms with E-state index in [4.69, 9.17) is 4.74 Å². The van der Waals surface area contributed by atoms with Gasteiger partial charge in [0.15, 0.2) is 5.78 Å². The van der Waals surface area contributed by atoms with Gasteiger partial charge in [0.2, 0.25) is 0 Å². The van der Waals surface area contributed by atoms with Crippen molar-refractivity contribution in [3.05, 3.63) is 58.4 Å². The van der Waals surface area contributed by atoms with E-state index >= 15 is 0 Å². The Kier molecular flexibility index (Phi) is 5.97. The number of carbonyl (C=O) groups excluding carboxylic acids is 3. The Bertz CT molecular complexity index is 877. The summed E-state index contributed by atoms with van der Waals surface area (Å²) >= 11 is 0. The fraction of sp³-hybridized carbons (Fsp3) is 0.409. The number of aryl methyl sites for hydroxylation is 1. The summed E-state index contributed by atoms with van der Waals surface area (Å²) in [4.78, 5) is 42.6. The van der Waals surface area contributed by atoms with Gasteiger partial charge in [0.05, 0.1) is 12.7 Å². The highest BCUT2D eigenvalue weighted by molar-refractivity contribution is 6.01. The summed E-state index contributed by atoms with van der Waals surface area (Å²) in [5.41, 5.74) is 2.94. The predicted octanol–water partition coefficient (Wildman–Crippen LogP) is 3.41. The van der Waals surface area contributed by atoms with Crippen molar-refractivity contribution < 1.29 is 19.1 Å². The van der Waals surface area contributed by atoms with Crippen LogP contribution in [-0.2, 0) is 11.2 Å². The van der Waals surface area contributed by atoms with Crippen molar-refractivity contribution in [2.24, 2.45) is 5.92 Å². The molecule has 0 radical (unpaired) electrons. The number of Topliss-reactive ketones (excluding diaryl/α,β-unsaturated/α-hetero) is 1. The van der Waals surface area contributed by atoms with Gasteiger partial charge in [0.1, 0.15) is 5.69 Å². The first-order valence-corrected chi connectivity index (χ1v) is 9.66. The average molecular weight is 382 g/mol. The molecule has 0 bridgehead atoms. The standard InChI is InChI=1S/C22H26N2O4/c1-4-17-18(22(27)28-3)14(2)19(23-17)21(26)24-12-10-16(11-13-24)20(25)15-8-6-5-7-9-15/h5-9,16,23H,4,10-13H2,1-3H3. The van der Waals surface area contributed by atoms with Gasteiger partial charge in [-0.15, -0.1) is 0 Å². The summed E-state index contributed by atoms with van der Waals surface area (Å²) in [7, 11) is 1.34. The Morgan fingerprint density at radius 2 is 1.79 bits per heavy atom. The van der Waals surface area contributed by atoms with E-state index < -0.39 is 5.97 Å². The minimum atomic E-state index is -0.434. The molecule has 1 aliphatic rings. The molecule has 1 aromatic heterocycles. The number of aromatic nitrogens is 1. The van der Waals surface area contributed by atoms with Gasteiger partial charge in [-0.1, -0.05) is 37.3 Å². The van der Waals surface area contributed by atoms with Crippen LogP contribution in [0.15, 0.2) is 30.3 Å². The monoisotopic (exact) mass is 382 g/mol. The molecule has 2 heterocycles. The second-order valence-corrected chi connectivity index (χ2v) is 7.12. The number of H-pyrrole nitrogens is 1. The number of likely N-dealkylation sites (tertiary alicyclic amines) is 1. The van der Waals surface area contributed by atoms with E-state index in [9.17, 15) is 14.4 Å². The molecule has 1 saturated heterocycles. The predicted molar refractivity (Wildman–Crippen MR) is 106 cm³/mol. The van der Waals surface area contributed by atoms with E-state index in [1.54, 1.807) is 11.8 Å². The van der Waals surface area contributed by atoms with Gasteiger partial charge < -0.3 is 14.6 Å². The van der Waals surface area contributed by atoms with E-state index in [2.05, 4.69) is 4.98 Å². The Morgan fingerprint density at radius 3 is 2.36 bits per heavy atom. The second-order valence-electron chi connectivity index (χ2n) is 7.12. The van der Waals surface area contributed by atoms with E-state index in [1.807, 2.05) is 37.3 Å². The molecule has 148 valence electrons. The van der Waals surface area contributed by atoms with Gasteiger partial charge in [0, 0.05) is 30.3 Å². The molecule has 1 amide bonds. The normalized spacial score (nSPS) is 14.8. The molecule has 28 heavy (non-hydrogen) atoms. The van der Waals surface area contributed by atoms with Gasteiger partial charge >= 0.3 is 5.97 Å². The number of amides is 1. The molecule has 0 atom stereocenters. The lowest BCUT2D eigenvalue weighted by Crippen LogP contribution is -2.40. The highest BCUT2D eigenvalue weighted by Crippen LogP contribution is 2.26. The molecule has 2 aromatic rings. The first-order chi connectivity index (χ1) is 13.5. The zero-order valence-corrected chi connectivity index (χ0v) is 16.6. The van der Waals surface area contributed by atoms with Crippen molar-refractivity contribution >= 4 is 17.7 Å². The Labute approximate surface area is 164 Å². The number of carbonyl (C=O) groups is 3. The number of nitrogens with one attached hydrogen (secondary N) is 1. The number of methoxy groups -OCH3 is 1. The minimum Gasteiger partial charge on any atom is -0.465 e. The maximum absolute atomic E-state index is 13.0. The van der Waals surface area contributed by atoms with Crippen LogP contribution in [0.3, 0.4) is 0 Å². The van der Waals surface area contributed by atoms with Crippen LogP contribution in [0.4, 0.5) is 0 Å². The number of rotatable bonds is 5. The van der Waals surface area contributed by atoms with Crippen molar-refractivity contribution in [3.8, 4) is 0 Å². The molecule has 1 fully saturated rings. The Morgan fingerprint density at radius 1 is 1.14 bits per heavy atom. The van der Waals surface area contributed by atoms with Gasteiger partial charge in [-0.25, -0.2) is 4.79 Å². The van der Waals surface area contributed by atoms with Crippen LogP contribution in [0.2, 0.25) is 0 Å². The molecule has 0 unspecified atom stereocenters. The lowest BCUT2D eigenvalue weighted by atomic mass is 9.89. The lowest BCUT2D eigenvalue weighted by molar-refractivity contribution is 0.0598. The fourth-order valence-electron chi connectivity index (χ4n) is 3.86. The van der Waals surface area contributed by atoms with Gasteiger partial charge in [0.25, 0.3) is 5.91 Å². The number of hydrogen-bond acceptors (Lipinski definition) is 4. The van der Waals surface area contributed by atoms with Gasteiger partial charge in [-0.2, -0.15) is 0 Å². The van der Waals surface area contributed by atoms with E-state index in [-0.39, 0.29) is 17.6 Å². The first-order valence-electron chi connectivity index (χ1n) is 9.66. The summed E-state index contributed by atoms with van der Waals surface area (Å²) in [6.07, 6.45) is 1.89. The zero-order valence-electron chi connectivity index (χ0n) is 16.6. The molecule has 0 saturated carbocycles. The molecule has 1 aromatic carbocycles. The smallest absolute Gasteiger partial charge is 0.339 e. The number of ether oxygens (including phenoxy) is 1. The number of ketones is 1. The number of nitrogens with zero attached hydrogens (tertiary/aromatic N) is 1. The molecule has 3 rings (SSSR count). The quantitative estimate of drug-likeness (QED) is 0.635. The summed E-state index contributed by atoms with van der Waals surface area (Å²) in [6.45, 7) is 4.73. The van der Waals surface area contributed by atoms with E-state index in [0.29, 0.717) is 54.9 Å². The van der Waals surface area contributed by atoms with Crippen LogP contribution in [0, 0.1) is 12.8 Å². The van der Waals surface area contributed by atoms with Crippen LogP contribution in [0.5, 0.6) is 0 Å². The summed E-state index contributed by atoms with van der Waals surface area (Å²) in [5.74, 6) is -0.484. The second kappa shape index (κ2) is 8.42. The van der Waals surface area contributed by atoms with E-state index in [1.165, 1.54) is 7.11 Å². The summed E-state index contributed by atoms with van der Waals surface area (Å²) in [5, 5.41) is 0. The SMILES string of the molecule is CCc1[nH]c(C(=O)N2CCC(C(=O)c3ccccc3)CC2)c(C)c1C(=O)OC. The fourth-order valence-corrected chi connectivity index (χ4v) is 3.86. The van der Waals surface area contributed by atoms with Gasteiger partial charge in [-0.05, 0) is 31.7 Å². The minimum absolute atomic E-state index is 0.0620. The highest BCUT2D eigenvalue weighted by Gasteiger charge is 2.31. The third-order valence-corrected chi connectivity index (χ3v) is 5.50. The van der Waals surface area contributed by atoms with Crippen LogP contribution >= 0.6 is 0 Å². The summed E-state index contributed by atoms with van der Waals surface area (Å²) < 4.78 is 4.86. The molecule has 6 nitrogen and oxygen atoms in total. The Hall–Kier alpha value is -2.89. The van der Waals surface area contributed by atoms with Crippen molar-refractivity contribution in [1.29, 1.82) is 0 Å². The highest BCUT2D eigenvalue weighted by atomic mass is 16.5. The van der Waals surface area contributed by atoms with Crippen LogP contribution in [0.25, 0.3) is 0 Å². The van der Waals surface area contributed by atoms with Crippen LogP contribution in [-0.4, -0.2) is 47.7 Å². The summed E-state index contributed by atoms with van der Waals surface area (Å²) in [6, 6.07) is 9.30. The van der Waals surface area contributed by atoms with Crippen molar-refractivity contribution in [3.63, 3.8) is 0 Å². The topological polar surface area (TPSA) is 79.5 Å². The van der Waals surface area contributed by atoms with Gasteiger partial charge in [-0.3, -0.25) is 9.59 Å². The average Bonchev–Trinajstić information content (AvgIpc) is 3.09. The third-order valence-electron chi connectivity index (χ3n) is 5.50. The maximum Gasteiger partial charge on any atom is 0.339 e. The molecular weight excluding hydrogens is 356 g/mol. The van der Waals surface area contributed by atoms with Crippen LogP contribution < -0.4 is 0 Å². The third kappa shape index (κ3) is 3.72. The molecule has 1 N–H and O–H groups in total. The van der Waals surface area contributed by atoms with Crippen molar-refractivity contribution in [2.75, 3.05) is 20.2 Å². The molecular formula is C22H26N2O4. The number of esters is 1. The van der Waals surface area contributed by atoms with Crippen LogP contribution in [0.1, 0.15) is 62.2 Å². The largest absolute Gasteiger partial charge is 0.465 e. The lowest BCUT2D eigenvalue weighted by Gasteiger charge is -2.31. The number of hydrogen-bond donors (Lipinski definition) is 1. The zero-order chi connectivity index (χ0) is 20.3. The number of piperidine rings is 1.